The number of hydrogen-bond acceptors (Lipinski definition) is 4. The second-order valence-corrected chi connectivity index (χ2v) is 7.50. The standard InChI is InChI=1S/C22H23NO4.ClH/c1-15-5-3-6-16(9-15)17-7-4-8-18(10-17)20(24)23-11-19-12-27-14-22(19,13-23)21(25)26-2;/h3-10,19H,11-14H2,1-2H3;1H/t19-,22-;/m0./s1. The molecule has 1 amide bonds. The van der Waals surface area contributed by atoms with Gasteiger partial charge in [0.1, 0.15) is 5.41 Å². The Balaban J connectivity index is 0.00000225. The van der Waals surface area contributed by atoms with Crippen LogP contribution in [0, 0.1) is 18.3 Å². The van der Waals surface area contributed by atoms with Crippen molar-refractivity contribution in [1.29, 1.82) is 0 Å². The van der Waals surface area contributed by atoms with Gasteiger partial charge in [-0.25, -0.2) is 0 Å². The maximum Gasteiger partial charge on any atom is 0.316 e. The maximum atomic E-state index is 13.1. The van der Waals surface area contributed by atoms with Gasteiger partial charge in [0.25, 0.3) is 5.91 Å². The van der Waals surface area contributed by atoms with Crippen molar-refractivity contribution >= 4 is 24.3 Å². The Morgan fingerprint density at radius 1 is 1.14 bits per heavy atom. The van der Waals surface area contributed by atoms with Gasteiger partial charge < -0.3 is 14.4 Å². The number of amides is 1. The van der Waals surface area contributed by atoms with E-state index in [9.17, 15) is 9.59 Å². The van der Waals surface area contributed by atoms with E-state index in [1.807, 2.05) is 36.4 Å². The lowest BCUT2D eigenvalue weighted by molar-refractivity contribution is -0.153. The average molecular weight is 402 g/mol. The second-order valence-electron chi connectivity index (χ2n) is 7.50. The summed E-state index contributed by atoms with van der Waals surface area (Å²) in [7, 11) is 1.39. The van der Waals surface area contributed by atoms with Gasteiger partial charge >= 0.3 is 5.97 Å². The maximum absolute atomic E-state index is 13.1. The van der Waals surface area contributed by atoms with Gasteiger partial charge in [0.05, 0.1) is 20.3 Å². The molecule has 6 heteroatoms. The monoisotopic (exact) mass is 401 g/mol. The topological polar surface area (TPSA) is 55.8 Å². The van der Waals surface area contributed by atoms with E-state index in [-0.39, 0.29) is 30.2 Å². The van der Waals surface area contributed by atoms with Crippen LogP contribution in [0.25, 0.3) is 11.1 Å². The number of fused-ring (bicyclic) bond motifs is 1. The van der Waals surface area contributed by atoms with Gasteiger partial charge in [-0.05, 0) is 30.2 Å². The highest BCUT2D eigenvalue weighted by molar-refractivity contribution is 5.96. The minimum absolute atomic E-state index is 0. The molecule has 0 spiro atoms. The number of carbonyl (C=O) groups excluding carboxylic acids is 2. The van der Waals surface area contributed by atoms with Crippen LogP contribution in [-0.4, -0.2) is 50.2 Å². The molecule has 2 saturated heterocycles. The number of ether oxygens (including phenoxy) is 2. The van der Waals surface area contributed by atoms with Crippen molar-refractivity contribution in [3.8, 4) is 11.1 Å². The van der Waals surface area contributed by atoms with Crippen LogP contribution < -0.4 is 0 Å². The summed E-state index contributed by atoms with van der Waals surface area (Å²) >= 11 is 0. The van der Waals surface area contributed by atoms with Gasteiger partial charge in [0.2, 0.25) is 0 Å². The molecule has 0 bridgehead atoms. The fraction of sp³-hybridized carbons (Fsp3) is 0.364. The minimum Gasteiger partial charge on any atom is -0.468 e. The first kappa shape index (κ1) is 20.4. The number of benzene rings is 2. The zero-order chi connectivity index (χ0) is 19.0. The summed E-state index contributed by atoms with van der Waals surface area (Å²) in [4.78, 5) is 27.2. The average Bonchev–Trinajstić information content (AvgIpc) is 3.25. The predicted molar refractivity (Wildman–Crippen MR) is 109 cm³/mol. The number of hydrogen-bond donors (Lipinski definition) is 0. The summed E-state index contributed by atoms with van der Waals surface area (Å²) in [6.07, 6.45) is 0. The predicted octanol–water partition coefficient (Wildman–Crippen LogP) is 3.35. The van der Waals surface area contributed by atoms with Crippen LogP contribution in [0.2, 0.25) is 0 Å². The molecule has 5 nitrogen and oxygen atoms in total. The van der Waals surface area contributed by atoms with E-state index in [1.165, 1.54) is 12.7 Å². The normalized spacial score (nSPS) is 23.1. The third kappa shape index (κ3) is 3.40. The Kier molecular flexibility index (Phi) is 5.77. The van der Waals surface area contributed by atoms with E-state index in [0.29, 0.717) is 31.9 Å². The third-order valence-corrected chi connectivity index (χ3v) is 5.71. The summed E-state index contributed by atoms with van der Waals surface area (Å²) < 4.78 is 10.5. The van der Waals surface area contributed by atoms with Crippen LogP contribution in [0.3, 0.4) is 0 Å². The van der Waals surface area contributed by atoms with Crippen LogP contribution in [-0.2, 0) is 14.3 Å². The van der Waals surface area contributed by atoms with Crippen LogP contribution in [0.4, 0.5) is 0 Å². The lowest BCUT2D eigenvalue weighted by Gasteiger charge is -2.24. The largest absolute Gasteiger partial charge is 0.468 e. The van der Waals surface area contributed by atoms with Gasteiger partial charge in [-0.2, -0.15) is 0 Å². The molecule has 0 saturated carbocycles. The molecule has 0 unspecified atom stereocenters. The summed E-state index contributed by atoms with van der Waals surface area (Å²) in [6, 6.07) is 15.9. The number of aryl methyl sites for hydroxylation is 1. The van der Waals surface area contributed by atoms with Crippen molar-refractivity contribution in [1.82, 2.24) is 4.90 Å². The first-order valence-electron chi connectivity index (χ1n) is 9.16. The van der Waals surface area contributed by atoms with E-state index >= 15 is 0 Å². The number of carbonyl (C=O) groups is 2. The van der Waals surface area contributed by atoms with Gasteiger partial charge in [-0.15, -0.1) is 12.4 Å². The molecular formula is C22H24ClNO4. The first-order chi connectivity index (χ1) is 13.0. The van der Waals surface area contributed by atoms with Crippen LogP contribution in [0.1, 0.15) is 15.9 Å². The molecule has 28 heavy (non-hydrogen) atoms. The van der Waals surface area contributed by atoms with Crippen LogP contribution in [0.15, 0.2) is 48.5 Å². The molecule has 2 aliphatic rings. The minimum atomic E-state index is -0.724. The third-order valence-electron chi connectivity index (χ3n) is 5.71. The van der Waals surface area contributed by atoms with E-state index < -0.39 is 5.41 Å². The van der Waals surface area contributed by atoms with Crippen molar-refractivity contribution in [2.45, 2.75) is 6.92 Å². The molecule has 0 aliphatic carbocycles. The van der Waals surface area contributed by atoms with Crippen molar-refractivity contribution in [3.63, 3.8) is 0 Å². The Morgan fingerprint density at radius 2 is 1.86 bits per heavy atom. The van der Waals surface area contributed by atoms with Crippen LogP contribution >= 0.6 is 12.4 Å². The Hall–Kier alpha value is -2.37. The number of halogens is 1. The highest BCUT2D eigenvalue weighted by Crippen LogP contribution is 2.42. The number of likely N-dealkylation sites (tertiary alicyclic amines) is 1. The SMILES string of the molecule is COC(=O)[C@@]12COC[C@@H]1CN(C(=O)c1cccc(-c3cccc(C)c3)c1)C2.Cl. The zero-order valence-electron chi connectivity index (χ0n) is 16.0. The molecule has 2 atom stereocenters. The number of nitrogens with zero attached hydrogens (tertiary/aromatic N) is 1. The molecule has 0 N–H and O–H groups in total. The molecule has 2 heterocycles. The Bertz CT molecular complexity index is 900. The summed E-state index contributed by atoms with van der Waals surface area (Å²) in [6.45, 7) is 3.72. The van der Waals surface area contributed by atoms with Crippen molar-refractivity contribution in [3.05, 3.63) is 59.7 Å². The summed E-state index contributed by atoms with van der Waals surface area (Å²) in [5.74, 6) is -0.343. The summed E-state index contributed by atoms with van der Waals surface area (Å²) in [5, 5.41) is 0. The van der Waals surface area contributed by atoms with Gasteiger partial charge in [-0.3, -0.25) is 9.59 Å². The van der Waals surface area contributed by atoms with E-state index in [0.717, 1.165) is 11.1 Å². The smallest absolute Gasteiger partial charge is 0.316 e. The van der Waals surface area contributed by atoms with Crippen molar-refractivity contribution in [2.24, 2.45) is 11.3 Å². The first-order valence-corrected chi connectivity index (χ1v) is 9.16. The van der Waals surface area contributed by atoms with E-state index in [4.69, 9.17) is 9.47 Å². The number of rotatable bonds is 3. The lowest BCUT2D eigenvalue weighted by Crippen LogP contribution is -2.41. The summed E-state index contributed by atoms with van der Waals surface area (Å²) in [5.41, 5.74) is 3.18. The molecule has 0 aromatic heterocycles. The zero-order valence-corrected chi connectivity index (χ0v) is 16.8. The van der Waals surface area contributed by atoms with Gasteiger partial charge in [0, 0.05) is 24.6 Å². The fourth-order valence-corrected chi connectivity index (χ4v) is 4.22. The van der Waals surface area contributed by atoms with Gasteiger partial charge in [-0.1, -0.05) is 42.0 Å². The Morgan fingerprint density at radius 3 is 2.57 bits per heavy atom. The van der Waals surface area contributed by atoms with E-state index in [2.05, 4.69) is 19.1 Å². The molecular weight excluding hydrogens is 378 g/mol. The van der Waals surface area contributed by atoms with E-state index in [1.54, 1.807) is 4.90 Å². The highest BCUT2D eigenvalue weighted by Gasteiger charge is 2.57. The van der Waals surface area contributed by atoms with Gasteiger partial charge in [0.15, 0.2) is 0 Å². The second kappa shape index (κ2) is 7.94. The number of methoxy groups -OCH3 is 1. The molecule has 2 aromatic carbocycles. The molecule has 2 aliphatic heterocycles. The highest BCUT2D eigenvalue weighted by atomic mass is 35.5. The van der Waals surface area contributed by atoms with Crippen molar-refractivity contribution in [2.75, 3.05) is 33.4 Å². The van der Waals surface area contributed by atoms with Crippen molar-refractivity contribution < 1.29 is 19.1 Å². The Labute approximate surface area is 171 Å². The van der Waals surface area contributed by atoms with Crippen LogP contribution in [0.5, 0.6) is 0 Å². The molecule has 148 valence electrons. The molecule has 0 radical (unpaired) electrons. The molecule has 2 aromatic rings. The molecule has 4 rings (SSSR count). The molecule has 2 fully saturated rings. The number of esters is 1. The quantitative estimate of drug-likeness (QED) is 0.740. The fourth-order valence-electron chi connectivity index (χ4n) is 4.22. The lowest BCUT2D eigenvalue weighted by atomic mass is 9.81.